The van der Waals surface area contributed by atoms with Crippen LogP contribution in [0.25, 0.3) is 11.0 Å². The average molecular weight is 441 g/mol. The van der Waals surface area contributed by atoms with Crippen LogP contribution in [0, 0.1) is 0 Å². The number of benzene rings is 1. The average Bonchev–Trinajstić information content (AvgIpc) is 3.44. The molecule has 0 bridgehead atoms. The van der Waals surface area contributed by atoms with E-state index in [2.05, 4.69) is 32.4 Å². The first-order chi connectivity index (χ1) is 16.3. The van der Waals surface area contributed by atoms with Crippen LogP contribution in [0.5, 0.6) is 0 Å². The van der Waals surface area contributed by atoms with Crippen LogP contribution in [0.2, 0.25) is 0 Å². The summed E-state index contributed by atoms with van der Waals surface area (Å²) in [5, 5.41) is 7.52. The Morgan fingerprint density at radius 1 is 1.12 bits per heavy atom. The second-order valence-corrected chi connectivity index (χ2v) is 7.96. The summed E-state index contributed by atoms with van der Waals surface area (Å²) in [6.07, 6.45) is 7.24. The van der Waals surface area contributed by atoms with E-state index in [9.17, 15) is 0 Å². The molecule has 0 spiro atoms. The van der Waals surface area contributed by atoms with Crippen LogP contribution < -0.4 is 10.9 Å². The first-order valence-electron chi connectivity index (χ1n) is 10.9. The number of aliphatic imine (C=N–C) groups is 1. The van der Waals surface area contributed by atoms with Crippen molar-refractivity contribution in [2.24, 2.45) is 10.1 Å². The number of morpholine rings is 1. The molecule has 0 amide bonds. The third-order valence-corrected chi connectivity index (χ3v) is 5.95. The Bertz CT molecular complexity index is 1290. The van der Waals surface area contributed by atoms with Gasteiger partial charge in [0, 0.05) is 36.9 Å². The van der Waals surface area contributed by atoms with Crippen molar-refractivity contribution in [3.63, 3.8) is 0 Å². The van der Waals surface area contributed by atoms with E-state index < -0.39 is 0 Å². The summed E-state index contributed by atoms with van der Waals surface area (Å²) in [7, 11) is 0. The molecule has 1 unspecified atom stereocenters. The Hall–Kier alpha value is -4.11. The number of hydrazone groups is 1. The molecule has 5 heterocycles. The van der Waals surface area contributed by atoms with Crippen molar-refractivity contribution >= 4 is 28.3 Å². The summed E-state index contributed by atoms with van der Waals surface area (Å²) in [4.78, 5) is 11.4. The van der Waals surface area contributed by atoms with Crippen LogP contribution in [-0.2, 0) is 4.74 Å². The number of hydrogen-bond acceptors (Lipinski definition) is 8. The SMILES string of the molecule is C=C1C(c2ccncc2)N=C2C(N3CCOCC3)=C/C(=N\Nc3coc4ccccc34)NN12. The number of fused-ring (bicyclic) bond motifs is 2. The highest BCUT2D eigenvalue weighted by molar-refractivity contribution is 6.11. The number of pyridine rings is 1. The number of para-hydroxylation sites is 1. The van der Waals surface area contributed by atoms with Crippen LogP contribution in [0.4, 0.5) is 5.69 Å². The number of hydrogen-bond donors (Lipinski definition) is 2. The molecule has 1 atom stereocenters. The lowest BCUT2D eigenvalue weighted by molar-refractivity contribution is 0.0557. The number of ether oxygens (including phenoxy) is 1. The van der Waals surface area contributed by atoms with Crippen LogP contribution in [0.3, 0.4) is 0 Å². The van der Waals surface area contributed by atoms with Crippen molar-refractivity contribution in [2.75, 3.05) is 31.7 Å². The summed E-state index contributed by atoms with van der Waals surface area (Å²) in [5.41, 5.74) is 11.0. The molecule has 9 heteroatoms. The van der Waals surface area contributed by atoms with Gasteiger partial charge in [0.05, 0.1) is 24.6 Å². The van der Waals surface area contributed by atoms with Gasteiger partial charge >= 0.3 is 0 Å². The van der Waals surface area contributed by atoms with E-state index in [1.807, 2.05) is 47.5 Å². The van der Waals surface area contributed by atoms with Gasteiger partial charge in [0.25, 0.3) is 0 Å². The fraction of sp³-hybridized carbons (Fsp3) is 0.208. The maximum atomic E-state index is 5.62. The lowest BCUT2D eigenvalue weighted by Gasteiger charge is -2.36. The molecule has 9 nitrogen and oxygen atoms in total. The van der Waals surface area contributed by atoms with Crippen LogP contribution in [0.15, 0.2) is 93.6 Å². The molecular weight excluding hydrogens is 418 g/mol. The Kier molecular flexibility index (Phi) is 4.80. The van der Waals surface area contributed by atoms with Crippen molar-refractivity contribution in [3.05, 3.63) is 84.7 Å². The van der Waals surface area contributed by atoms with Gasteiger partial charge in [-0.2, -0.15) is 5.10 Å². The van der Waals surface area contributed by atoms with Gasteiger partial charge in [-0.3, -0.25) is 20.8 Å². The number of nitrogens with one attached hydrogen (secondary N) is 2. The minimum absolute atomic E-state index is 0.190. The second kappa shape index (κ2) is 8.10. The Morgan fingerprint density at radius 3 is 2.79 bits per heavy atom. The number of rotatable bonds is 4. The summed E-state index contributed by atoms with van der Waals surface area (Å²) < 4.78 is 11.2. The van der Waals surface area contributed by atoms with Crippen molar-refractivity contribution in [3.8, 4) is 0 Å². The lowest BCUT2D eigenvalue weighted by Crippen LogP contribution is -2.51. The molecule has 1 fully saturated rings. The predicted octanol–water partition coefficient (Wildman–Crippen LogP) is 3.26. The lowest BCUT2D eigenvalue weighted by atomic mass is 10.1. The zero-order valence-corrected chi connectivity index (χ0v) is 17.9. The Balaban J connectivity index is 1.34. The maximum absolute atomic E-state index is 5.62. The monoisotopic (exact) mass is 441 g/mol. The van der Waals surface area contributed by atoms with E-state index in [0.717, 1.165) is 52.5 Å². The summed E-state index contributed by atoms with van der Waals surface area (Å²) >= 11 is 0. The fourth-order valence-electron chi connectivity index (χ4n) is 4.25. The zero-order chi connectivity index (χ0) is 22.2. The molecule has 166 valence electrons. The first kappa shape index (κ1) is 19.6. The maximum Gasteiger partial charge on any atom is 0.172 e. The zero-order valence-electron chi connectivity index (χ0n) is 17.9. The third kappa shape index (κ3) is 3.52. The van der Waals surface area contributed by atoms with Crippen molar-refractivity contribution in [1.82, 2.24) is 20.3 Å². The number of amidine groups is 2. The molecule has 6 rings (SSSR count). The number of anilines is 1. The van der Waals surface area contributed by atoms with E-state index in [0.29, 0.717) is 19.0 Å². The van der Waals surface area contributed by atoms with Gasteiger partial charge in [0.1, 0.15) is 23.6 Å². The van der Waals surface area contributed by atoms with Crippen molar-refractivity contribution in [1.29, 1.82) is 0 Å². The van der Waals surface area contributed by atoms with Crippen LogP contribution in [0.1, 0.15) is 11.6 Å². The Morgan fingerprint density at radius 2 is 1.94 bits per heavy atom. The first-order valence-corrected chi connectivity index (χ1v) is 10.9. The third-order valence-electron chi connectivity index (χ3n) is 5.95. The molecule has 1 saturated heterocycles. The quantitative estimate of drug-likeness (QED) is 0.601. The molecule has 3 aliphatic rings. The van der Waals surface area contributed by atoms with Gasteiger partial charge in [0.15, 0.2) is 11.7 Å². The highest BCUT2D eigenvalue weighted by Gasteiger charge is 2.38. The van der Waals surface area contributed by atoms with Gasteiger partial charge in [-0.05, 0) is 29.8 Å². The summed E-state index contributed by atoms with van der Waals surface area (Å²) in [6.45, 7) is 7.27. The number of hydrazine groups is 1. The molecule has 0 saturated carbocycles. The second-order valence-electron chi connectivity index (χ2n) is 7.96. The van der Waals surface area contributed by atoms with E-state index >= 15 is 0 Å². The van der Waals surface area contributed by atoms with Crippen LogP contribution >= 0.6 is 0 Å². The minimum atomic E-state index is -0.190. The largest absolute Gasteiger partial charge is 0.462 e. The molecule has 3 aliphatic heterocycles. The highest BCUT2D eigenvalue weighted by atomic mass is 16.5. The number of furan rings is 1. The molecule has 2 N–H and O–H groups in total. The van der Waals surface area contributed by atoms with Crippen molar-refractivity contribution < 1.29 is 9.15 Å². The molecule has 3 aromatic rings. The van der Waals surface area contributed by atoms with E-state index in [4.69, 9.17) is 14.1 Å². The molecule has 1 aromatic carbocycles. The normalized spacial score (nSPS) is 21.6. The van der Waals surface area contributed by atoms with Crippen LogP contribution in [-0.4, -0.2) is 52.9 Å². The van der Waals surface area contributed by atoms with Gasteiger partial charge < -0.3 is 14.1 Å². The van der Waals surface area contributed by atoms with E-state index in [1.165, 1.54) is 0 Å². The molecule has 33 heavy (non-hydrogen) atoms. The summed E-state index contributed by atoms with van der Waals surface area (Å²) in [6, 6.07) is 11.6. The standard InChI is InChI=1S/C24H23N7O2/c1-16-23(17-6-8-25-9-7-17)26-24-20(30-10-12-32-13-11-30)14-22(29-31(16)24)28-27-19-15-33-21-5-3-2-4-18(19)21/h2-9,14-15,23,27H,1,10-13H2,(H,28,29). The van der Waals surface area contributed by atoms with Crippen molar-refractivity contribution in [2.45, 2.75) is 6.04 Å². The van der Waals surface area contributed by atoms with Gasteiger partial charge in [-0.1, -0.05) is 18.7 Å². The van der Waals surface area contributed by atoms with E-state index in [-0.39, 0.29) is 6.04 Å². The summed E-state index contributed by atoms with van der Waals surface area (Å²) in [5.74, 6) is 1.48. The topological polar surface area (TPSA) is 90.5 Å². The van der Waals surface area contributed by atoms with E-state index in [1.54, 1.807) is 18.7 Å². The van der Waals surface area contributed by atoms with Gasteiger partial charge in [0.2, 0.25) is 0 Å². The Labute approximate surface area is 190 Å². The number of aromatic nitrogens is 1. The predicted molar refractivity (Wildman–Crippen MR) is 126 cm³/mol. The molecule has 0 radical (unpaired) electrons. The van der Waals surface area contributed by atoms with Gasteiger partial charge in [-0.15, -0.1) is 0 Å². The molecular formula is C24H23N7O2. The molecule has 0 aliphatic carbocycles. The smallest absolute Gasteiger partial charge is 0.172 e. The minimum Gasteiger partial charge on any atom is -0.462 e. The van der Waals surface area contributed by atoms with Gasteiger partial charge in [-0.25, -0.2) is 5.01 Å². The fourth-order valence-corrected chi connectivity index (χ4v) is 4.25. The number of nitrogens with zero attached hydrogens (tertiary/aromatic N) is 5. The molecule has 2 aromatic heterocycles. The highest BCUT2D eigenvalue weighted by Crippen LogP contribution is 2.36.